The van der Waals surface area contributed by atoms with Crippen molar-refractivity contribution in [1.82, 2.24) is 14.9 Å². The highest BCUT2D eigenvalue weighted by atomic mass is 32.2. The predicted molar refractivity (Wildman–Crippen MR) is 116 cm³/mol. The normalized spacial score (nSPS) is 30.9. The molecule has 154 valence electrons. The number of rotatable bonds is 4. The third kappa shape index (κ3) is 3.66. The number of piperidine rings is 1. The van der Waals surface area contributed by atoms with Crippen LogP contribution in [0.4, 0.5) is 11.5 Å². The molecule has 0 radical (unpaired) electrons. The zero-order valence-corrected chi connectivity index (χ0v) is 18.0. The first-order valence-corrected chi connectivity index (χ1v) is 11.7. The molecule has 4 atom stereocenters. The molecule has 1 saturated carbocycles. The van der Waals surface area contributed by atoms with Crippen molar-refractivity contribution in [3.05, 3.63) is 36.2 Å². The Morgan fingerprint density at radius 2 is 1.90 bits per heavy atom. The Hall–Kier alpha value is -1.63. The van der Waals surface area contributed by atoms with Gasteiger partial charge in [-0.05, 0) is 60.1 Å². The zero-order chi connectivity index (χ0) is 20.0. The number of nitrogens with one attached hydrogen (secondary N) is 1. The van der Waals surface area contributed by atoms with Gasteiger partial charge in [0.1, 0.15) is 5.03 Å². The number of benzene rings is 1. The van der Waals surface area contributed by atoms with Crippen molar-refractivity contribution >= 4 is 23.3 Å². The molecule has 2 N–H and O–H groups in total. The minimum absolute atomic E-state index is 0.329. The fourth-order valence-corrected chi connectivity index (χ4v) is 6.82. The lowest BCUT2D eigenvalue weighted by atomic mass is 9.59. The number of aliphatic hydroxyl groups is 1. The summed E-state index contributed by atoms with van der Waals surface area (Å²) in [5.74, 6) is 4.46. The topological polar surface area (TPSA) is 61.3 Å². The van der Waals surface area contributed by atoms with E-state index in [4.69, 9.17) is 0 Å². The van der Waals surface area contributed by atoms with Gasteiger partial charge in [0.25, 0.3) is 0 Å². The van der Waals surface area contributed by atoms with E-state index in [9.17, 15) is 5.11 Å². The second-order valence-electron chi connectivity index (χ2n) is 9.16. The maximum absolute atomic E-state index is 9.60. The molecule has 5 rings (SSSR count). The van der Waals surface area contributed by atoms with Crippen molar-refractivity contribution in [3.63, 3.8) is 0 Å². The number of hydrogen-bond acceptors (Lipinski definition) is 6. The first-order chi connectivity index (χ1) is 14.1. The van der Waals surface area contributed by atoms with Crippen LogP contribution in [-0.2, 0) is 6.54 Å². The van der Waals surface area contributed by atoms with Crippen LogP contribution in [0, 0.1) is 29.6 Å². The van der Waals surface area contributed by atoms with E-state index in [-0.39, 0.29) is 0 Å². The van der Waals surface area contributed by atoms with Crippen LogP contribution < -0.4 is 5.32 Å². The van der Waals surface area contributed by atoms with Gasteiger partial charge in [-0.1, -0.05) is 31.7 Å². The van der Waals surface area contributed by atoms with Crippen molar-refractivity contribution in [2.75, 3.05) is 25.0 Å². The predicted octanol–water partition coefficient (Wildman–Crippen LogP) is 4.41. The fraction of sp³-hybridized carbons (Fsp3) is 0.565. The molecule has 2 fully saturated rings. The van der Waals surface area contributed by atoms with Crippen LogP contribution in [0.1, 0.15) is 32.3 Å². The van der Waals surface area contributed by atoms with Crippen LogP contribution >= 0.6 is 11.8 Å². The lowest BCUT2D eigenvalue weighted by Crippen LogP contribution is -2.53. The maximum atomic E-state index is 9.60. The van der Waals surface area contributed by atoms with Gasteiger partial charge in [-0.15, -0.1) is 0 Å². The van der Waals surface area contributed by atoms with Crippen molar-refractivity contribution in [1.29, 1.82) is 0 Å². The second kappa shape index (κ2) is 7.89. The highest BCUT2D eigenvalue weighted by molar-refractivity contribution is 7.99. The van der Waals surface area contributed by atoms with E-state index >= 15 is 0 Å². The molecule has 3 heterocycles. The number of anilines is 2. The van der Waals surface area contributed by atoms with Crippen LogP contribution in [0.15, 0.2) is 40.5 Å². The standard InChI is InChI=1S/C23H30N4OS/c1-14-9-15(2)19-13-27(12-18(14)17(19)5-8-28)11-16-3-4-21-20(10-16)26-22-23(29-21)25-7-6-24-22/h3-4,6-7,10,14-15,17-19,28H,5,8-9,11-13H2,1-2H3,(H,24,26)/t14-,15-,17?,18?,19?/m1/s1. The molecule has 1 aliphatic carbocycles. The summed E-state index contributed by atoms with van der Waals surface area (Å²) in [5, 5.41) is 14.0. The van der Waals surface area contributed by atoms with Gasteiger partial charge in [0.05, 0.1) is 5.69 Å². The maximum Gasteiger partial charge on any atom is 0.163 e. The highest BCUT2D eigenvalue weighted by Crippen LogP contribution is 2.48. The monoisotopic (exact) mass is 410 g/mol. The quantitative estimate of drug-likeness (QED) is 0.664. The van der Waals surface area contributed by atoms with Gasteiger partial charge >= 0.3 is 0 Å². The number of hydrogen-bond donors (Lipinski definition) is 2. The van der Waals surface area contributed by atoms with E-state index < -0.39 is 0 Å². The summed E-state index contributed by atoms with van der Waals surface area (Å²) < 4.78 is 0. The highest BCUT2D eigenvalue weighted by Gasteiger charge is 2.45. The Morgan fingerprint density at radius 3 is 2.66 bits per heavy atom. The molecule has 6 heteroatoms. The van der Waals surface area contributed by atoms with Gasteiger partial charge < -0.3 is 10.4 Å². The molecule has 2 bridgehead atoms. The Kier molecular flexibility index (Phi) is 5.26. The van der Waals surface area contributed by atoms with Crippen molar-refractivity contribution in [2.45, 2.75) is 43.2 Å². The van der Waals surface area contributed by atoms with Gasteiger partial charge in [-0.2, -0.15) is 0 Å². The second-order valence-corrected chi connectivity index (χ2v) is 10.2. The van der Waals surface area contributed by atoms with E-state index in [1.807, 2.05) is 0 Å². The van der Waals surface area contributed by atoms with E-state index in [0.717, 1.165) is 54.4 Å². The Bertz CT molecular complexity index is 873. The molecule has 5 nitrogen and oxygen atoms in total. The van der Waals surface area contributed by atoms with Gasteiger partial charge in [0.15, 0.2) is 5.82 Å². The van der Waals surface area contributed by atoms with Gasteiger partial charge in [-0.3, -0.25) is 4.90 Å². The molecule has 1 saturated heterocycles. The molecule has 0 amide bonds. The Labute approximate surface area is 177 Å². The molecule has 0 spiro atoms. The molecular formula is C23H30N4OS. The SMILES string of the molecule is C[C@@H]1C[C@@H](C)C2CN(Cc3ccc4c(c3)Nc3nccnc3S4)CC1C2CCO. The molecule has 2 aromatic rings. The summed E-state index contributed by atoms with van der Waals surface area (Å²) in [6.45, 7) is 8.47. The van der Waals surface area contributed by atoms with Crippen LogP contribution in [0.5, 0.6) is 0 Å². The summed E-state index contributed by atoms with van der Waals surface area (Å²) >= 11 is 1.68. The molecule has 1 aromatic carbocycles. The molecular weight excluding hydrogens is 380 g/mol. The third-order valence-electron chi connectivity index (χ3n) is 7.28. The van der Waals surface area contributed by atoms with Gasteiger partial charge in [-0.25, -0.2) is 9.97 Å². The van der Waals surface area contributed by atoms with Crippen molar-refractivity contribution in [3.8, 4) is 0 Å². The van der Waals surface area contributed by atoms with Gasteiger partial charge in [0.2, 0.25) is 0 Å². The average molecular weight is 411 g/mol. The van der Waals surface area contributed by atoms with Crippen LogP contribution in [0.25, 0.3) is 0 Å². The third-order valence-corrected chi connectivity index (χ3v) is 8.35. The molecule has 29 heavy (non-hydrogen) atoms. The van der Waals surface area contributed by atoms with Crippen LogP contribution in [-0.4, -0.2) is 39.7 Å². The first-order valence-electron chi connectivity index (χ1n) is 10.8. The molecule has 1 aromatic heterocycles. The summed E-state index contributed by atoms with van der Waals surface area (Å²) in [4.78, 5) is 12.7. The summed E-state index contributed by atoms with van der Waals surface area (Å²) in [7, 11) is 0. The van der Waals surface area contributed by atoms with Crippen LogP contribution in [0.2, 0.25) is 0 Å². The molecule has 2 aliphatic heterocycles. The van der Waals surface area contributed by atoms with Crippen LogP contribution in [0.3, 0.4) is 0 Å². The Balaban J connectivity index is 1.33. The fourth-order valence-electron chi connectivity index (χ4n) is 5.94. The zero-order valence-electron chi connectivity index (χ0n) is 17.2. The smallest absolute Gasteiger partial charge is 0.163 e. The summed E-state index contributed by atoms with van der Waals surface area (Å²) in [6.07, 6.45) is 5.79. The average Bonchev–Trinajstić information content (AvgIpc) is 2.72. The first kappa shape index (κ1) is 19.3. The summed E-state index contributed by atoms with van der Waals surface area (Å²) in [6, 6.07) is 6.75. The van der Waals surface area contributed by atoms with E-state index in [0.29, 0.717) is 24.4 Å². The number of aliphatic hydroxyl groups excluding tert-OH is 1. The van der Waals surface area contributed by atoms with Crippen molar-refractivity contribution < 1.29 is 5.11 Å². The number of likely N-dealkylation sites (tertiary alicyclic amines) is 1. The van der Waals surface area contributed by atoms with E-state index in [1.54, 1.807) is 24.2 Å². The molecule has 3 aliphatic rings. The Morgan fingerprint density at radius 1 is 1.14 bits per heavy atom. The minimum Gasteiger partial charge on any atom is -0.396 e. The molecule has 2 unspecified atom stereocenters. The summed E-state index contributed by atoms with van der Waals surface area (Å²) in [5.41, 5.74) is 2.49. The number of fused-ring (bicyclic) bond motifs is 4. The number of aromatic nitrogens is 2. The largest absolute Gasteiger partial charge is 0.396 e. The van der Waals surface area contributed by atoms with Crippen molar-refractivity contribution in [2.24, 2.45) is 29.6 Å². The lowest BCUT2D eigenvalue weighted by molar-refractivity contribution is -0.0498. The minimum atomic E-state index is 0.329. The van der Waals surface area contributed by atoms with E-state index in [1.165, 1.54) is 16.9 Å². The van der Waals surface area contributed by atoms with E-state index in [2.05, 4.69) is 52.2 Å². The van der Waals surface area contributed by atoms with Gasteiger partial charge in [0, 0.05) is 43.5 Å². The lowest BCUT2D eigenvalue weighted by Gasteiger charge is -2.53. The number of nitrogens with zero attached hydrogens (tertiary/aromatic N) is 3.